The quantitative estimate of drug-likeness (QED) is 0.429. The van der Waals surface area contributed by atoms with E-state index >= 15 is 0 Å². The second-order valence-corrected chi connectivity index (χ2v) is 10.6. The van der Waals surface area contributed by atoms with E-state index in [9.17, 15) is 19.1 Å². The van der Waals surface area contributed by atoms with E-state index in [1.54, 1.807) is 6.92 Å². The molecule has 1 aliphatic carbocycles. The maximum absolute atomic E-state index is 13.4. The van der Waals surface area contributed by atoms with E-state index in [2.05, 4.69) is 36.9 Å². The van der Waals surface area contributed by atoms with E-state index in [-0.39, 0.29) is 30.5 Å². The number of carbonyl (C=O) groups excluding carboxylic acids is 2. The van der Waals surface area contributed by atoms with Crippen molar-refractivity contribution in [2.24, 2.45) is 10.9 Å². The zero-order chi connectivity index (χ0) is 27.4. The molecule has 1 saturated heterocycles. The predicted octanol–water partition coefficient (Wildman–Crippen LogP) is 2.91. The number of aromatic amines is 1. The van der Waals surface area contributed by atoms with Gasteiger partial charge in [-0.25, -0.2) is 4.39 Å². The van der Waals surface area contributed by atoms with Crippen molar-refractivity contribution in [2.45, 2.75) is 51.2 Å². The summed E-state index contributed by atoms with van der Waals surface area (Å²) in [6.07, 6.45) is 2.91. The van der Waals surface area contributed by atoms with Gasteiger partial charge in [-0.05, 0) is 74.6 Å². The number of hydrogen-bond donors (Lipinski definition) is 3. The fourth-order valence-electron chi connectivity index (χ4n) is 5.50. The first-order valence-corrected chi connectivity index (χ1v) is 13.7. The minimum atomic E-state index is -0.449. The first-order chi connectivity index (χ1) is 18.9. The number of fused-ring (bicyclic) bond motifs is 1. The van der Waals surface area contributed by atoms with Gasteiger partial charge in [-0.1, -0.05) is 6.07 Å². The van der Waals surface area contributed by atoms with Gasteiger partial charge in [-0.2, -0.15) is 4.99 Å². The van der Waals surface area contributed by atoms with Crippen molar-refractivity contribution in [3.63, 3.8) is 0 Å². The second kappa shape index (κ2) is 12.2. The number of aromatic nitrogens is 2. The van der Waals surface area contributed by atoms with Crippen LogP contribution in [0.4, 0.5) is 4.39 Å². The van der Waals surface area contributed by atoms with Gasteiger partial charge in [-0.15, -0.1) is 0 Å². The van der Waals surface area contributed by atoms with Crippen LogP contribution in [-0.2, 0) is 16.1 Å². The molecule has 2 fully saturated rings. The smallest absolute Gasteiger partial charge is 0.280 e. The lowest BCUT2D eigenvalue weighted by atomic mass is 9.85. The molecular weight excluding hydrogens is 501 g/mol. The van der Waals surface area contributed by atoms with Crippen molar-refractivity contribution in [3.05, 3.63) is 65.0 Å². The van der Waals surface area contributed by atoms with Crippen LogP contribution in [-0.4, -0.2) is 70.3 Å². The SMILES string of the molecule is C[C@H](CO)NC(=O)[C@H]1CC[C@@H](n2/c(=N/C(=O)c3ccc(F)cc3)[nH]c3ccc(CN4CCOCC4)cc32)CC1. The molecule has 9 nitrogen and oxygen atoms in total. The zero-order valence-corrected chi connectivity index (χ0v) is 22.2. The summed E-state index contributed by atoms with van der Waals surface area (Å²) in [5, 5.41) is 12.2. The Bertz CT molecular complexity index is 1370. The molecule has 3 aromatic rings. The summed E-state index contributed by atoms with van der Waals surface area (Å²) in [4.78, 5) is 35.8. The molecule has 2 heterocycles. The highest BCUT2D eigenvalue weighted by Gasteiger charge is 2.29. The number of halogens is 1. The molecule has 1 saturated carbocycles. The number of imidazole rings is 1. The maximum atomic E-state index is 13.4. The lowest BCUT2D eigenvalue weighted by molar-refractivity contribution is -0.127. The van der Waals surface area contributed by atoms with Gasteiger partial charge in [-0.3, -0.25) is 14.5 Å². The van der Waals surface area contributed by atoms with Gasteiger partial charge in [0.25, 0.3) is 5.91 Å². The fraction of sp³-hybridized carbons (Fsp3) is 0.483. The first-order valence-electron chi connectivity index (χ1n) is 13.7. The lowest BCUT2D eigenvalue weighted by Gasteiger charge is -2.30. The Morgan fingerprint density at radius 2 is 1.85 bits per heavy atom. The third-order valence-electron chi connectivity index (χ3n) is 7.70. The Kier molecular flexibility index (Phi) is 8.54. The summed E-state index contributed by atoms with van der Waals surface area (Å²) >= 11 is 0. The van der Waals surface area contributed by atoms with Crippen LogP contribution < -0.4 is 10.9 Å². The standard InChI is InChI=1S/C29H36FN5O4/c1-19(18-36)31-27(37)22-5-9-24(10-6-22)35-26-16-20(17-34-12-14-39-15-13-34)2-11-25(26)32-29(35)33-28(38)21-3-7-23(30)8-4-21/h2-4,7-8,11,16,19,22,24,36H,5-6,9-10,12-15,17-18H2,1H3,(H,31,37)(H,32,33,38)/t19-,22-,24+/m1/s1. The second-order valence-electron chi connectivity index (χ2n) is 10.6. The average Bonchev–Trinajstić information content (AvgIpc) is 3.30. The molecule has 1 aliphatic heterocycles. The lowest BCUT2D eigenvalue weighted by Crippen LogP contribution is -2.40. The van der Waals surface area contributed by atoms with Crippen LogP contribution in [0.5, 0.6) is 0 Å². The molecular formula is C29H36FN5O4. The van der Waals surface area contributed by atoms with Gasteiger partial charge in [0, 0.05) is 43.2 Å². The molecule has 2 aromatic carbocycles. The average molecular weight is 538 g/mol. The van der Waals surface area contributed by atoms with Crippen molar-refractivity contribution in [3.8, 4) is 0 Å². The van der Waals surface area contributed by atoms with Crippen molar-refractivity contribution in [1.82, 2.24) is 19.8 Å². The van der Waals surface area contributed by atoms with Gasteiger partial charge in [0.05, 0.1) is 30.9 Å². The van der Waals surface area contributed by atoms with Crippen LogP contribution in [0.2, 0.25) is 0 Å². The molecule has 2 amide bonds. The van der Waals surface area contributed by atoms with Crippen LogP contribution >= 0.6 is 0 Å². The Balaban J connectivity index is 1.46. The number of aliphatic hydroxyl groups excluding tert-OH is 1. The van der Waals surface area contributed by atoms with E-state index in [4.69, 9.17) is 4.74 Å². The van der Waals surface area contributed by atoms with Crippen LogP contribution in [0.25, 0.3) is 11.0 Å². The third kappa shape index (κ3) is 6.46. The predicted molar refractivity (Wildman–Crippen MR) is 144 cm³/mol. The number of carbonyl (C=O) groups is 2. The van der Waals surface area contributed by atoms with E-state index in [0.29, 0.717) is 24.0 Å². The summed E-state index contributed by atoms with van der Waals surface area (Å²) < 4.78 is 21.0. The number of morpholine rings is 1. The summed E-state index contributed by atoms with van der Waals surface area (Å²) in [5.74, 6) is -0.994. The van der Waals surface area contributed by atoms with Gasteiger partial charge in [0.2, 0.25) is 11.5 Å². The molecule has 0 radical (unpaired) electrons. The molecule has 3 N–H and O–H groups in total. The number of aliphatic hydroxyl groups is 1. The topological polar surface area (TPSA) is 112 Å². The Morgan fingerprint density at radius 1 is 1.13 bits per heavy atom. The Labute approximate surface area is 226 Å². The number of nitrogens with zero attached hydrogens (tertiary/aromatic N) is 3. The van der Waals surface area contributed by atoms with E-state index in [1.807, 2.05) is 6.07 Å². The normalized spacial score (nSPS) is 21.7. The van der Waals surface area contributed by atoms with Crippen molar-refractivity contribution in [1.29, 1.82) is 0 Å². The third-order valence-corrected chi connectivity index (χ3v) is 7.70. The number of H-pyrrole nitrogens is 1. The van der Waals surface area contributed by atoms with Crippen LogP contribution in [0.15, 0.2) is 47.5 Å². The summed E-state index contributed by atoms with van der Waals surface area (Å²) in [6, 6.07) is 11.4. The van der Waals surface area contributed by atoms with E-state index in [0.717, 1.165) is 56.7 Å². The number of rotatable bonds is 7. The van der Waals surface area contributed by atoms with Crippen molar-refractivity contribution in [2.75, 3.05) is 32.9 Å². The van der Waals surface area contributed by atoms with Crippen molar-refractivity contribution >= 4 is 22.8 Å². The van der Waals surface area contributed by atoms with E-state index < -0.39 is 11.7 Å². The summed E-state index contributed by atoms with van der Waals surface area (Å²) in [7, 11) is 0. The largest absolute Gasteiger partial charge is 0.394 e. The Hall–Kier alpha value is -3.34. The molecule has 208 valence electrons. The summed E-state index contributed by atoms with van der Waals surface area (Å²) in [5.41, 5.74) is 3.77. The van der Waals surface area contributed by atoms with E-state index in [1.165, 1.54) is 29.8 Å². The van der Waals surface area contributed by atoms with Crippen LogP contribution in [0.3, 0.4) is 0 Å². The highest BCUT2D eigenvalue weighted by molar-refractivity contribution is 5.95. The molecule has 39 heavy (non-hydrogen) atoms. The molecule has 0 unspecified atom stereocenters. The summed E-state index contributed by atoms with van der Waals surface area (Å²) in [6.45, 7) is 5.74. The molecule has 0 spiro atoms. The van der Waals surface area contributed by atoms with Gasteiger partial charge >= 0.3 is 0 Å². The molecule has 1 atom stereocenters. The monoisotopic (exact) mass is 537 g/mol. The Morgan fingerprint density at radius 3 is 2.54 bits per heavy atom. The van der Waals surface area contributed by atoms with Gasteiger partial charge in [0.15, 0.2) is 0 Å². The first kappa shape index (κ1) is 27.2. The van der Waals surface area contributed by atoms with Crippen LogP contribution in [0, 0.1) is 11.7 Å². The minimum absolute atomic E-state index is 0.0249. The minimum Gasteiger partial charge on any atom is -0.394 e. The highest BCUT2D eigenvalue weighted by atomic mass is 19.1. The van der Waals surface area contributed by atoms with Crippen molar-refractivity contribution < 1.29 is 23.8 Å². The zero-order valence-electron chi connectivity index (χ0n) is 22.2. The number of ether oxygens (including phenoxy) is 1. The number of benzene rings is 2. The van der Waals surface area contributed by atoms with Gasteiger partial charge < -0.3 is 24.7 Å². The molecule has 5 rings (SSSR count). The molecule has 2 aliphatic rings. The maximum Gasteiger partial charge on any atom is 0.280 e. The van der Waals surface area contributed by atoms with Crippen LogP contribution in [0.1, 0.15) is 54.6 Å². The van der Waals surface area contributed by atoms with Gasteiger partial charge in [0.1, 0.15) is 5.82 Å². The number of nitrogens with one attached hydrogen (secondary N) is 2. The molecule has 1 aromatic heterocycles. The fourth-order valence-corrected chi connectivity index (χ4v) is 5.50. The highest BCUT2D eigenvalue weighted by Crippen LogP contribution is 2.33. The molecule has 10 heteroatoms. The molecule has 0 bridgehead atoms. The number of amides is 2. The number of hydrogen-bond acceptors (Lipinski definition) is 5.